The monoisotopic (exact) mass is 376 g/mol. The van der Waals surface area contributed by atoms with Gasteiger partial charge in [-0.05, 0) is 61.3 Å². The van der Waals surface area contributed by atoms with E-state index in [4.69, 9.17) is 4.74 Å². The first-order valence-corrected chi connectivity index (χ1v) is 9.35. The van der Waals surface area contributed by atoms with Gasteiger partial charge in [-0.2, -0.15) is 0 Å². The van der Waals surface area contributed by atoms with Gasteiger partial charge in [0.05, 0.1) is 6.54 Å². The molecule has 0 aromatic heterocycles. The van der Waals surface area contributed by atoms with E-state index in [1.807, 2.05) is 0 Å². The van der Waals surface area contributed by atoms with Gasteiger partial charge in [0.2, 0.25) is 5.91 Å². The fourth-order valence-electron chi connectivity index (χ4n) is 4.19. The number of rotatable bonds is 7. The summed E-state index contributed by atoms with van der Waals surface area (Å²) in [6.07, 6.45) is 5.18. The number of likely N-dealkylation sites (N-methyl/N-ethyl adjacent to an activating group) is 1. The minimum absolute atomic E-state index is 0.180. The number of amides is 2. The third-order valence-electron chi connectivity index (χ3n) is 5.60. The minimum atomic E-state index is -0.439. The molecule has 2 aliphatic rings. The molecule has 1 aromatic rings. The SMILES string of the molecule is CN(CC(=O)Nc1ccc(F)cc1)C(=O)COC(=O)C[C@H]1C[C@H]2CC[C@@H]1C2. The fourth-order valence-corrected chi connectivity index (χ4v) is 4.19. The Morgan fingerprint density at radius 2 is 1.93 bits per heavy atom. The van der Waals surface area contributed by atoms with E-state index < -0.39 is 17.6 Å². The van der Waals surface area contributed by atoms with E-state index in [1.165, 1.54) is 55.5 Å². The fraction of sp³-hybridized carbons (Fsp3) is 0.550. The molecule has 146 valence electrons. The van der Waals surface area contributed by atoms with Crippen LogP contribution in [-0.4, -0.2) is 42.9 Å². The normalized spacial score (nSPS) is 23.1. The summed E-state index contributed by atoms with van der Waals surface area (Å²) in [5.74, 6) is 0.204. The summed E-state index contributed by atoms with van der Waals surface area (Å²) in [7, 11) is 1.47. The molecule has 2 saturated carbocycles. The van der Waals surface area contributed by atoms with Crippen LogP contribution in [0.5, 0.6) is 0 Å². The topological polar surface area (TPSA) is 75.7 Å². The number of carbonyl (C=O) groups is 3. The number of esters is 1. The molecule has 0 aliphatic heterocycles. The van der Waals surface area contributed by atoms with Gasteiger partial charge in [0, 0.05) is 19.2 Å². The van der Waals surface area contributed by atoms with Crippen LogP contribution in [0.4, 0.5) is 10.1 Å². The van der Waals surface area contributed by atoms with Crippen LogP contribution in [0.2, 0.25) is 0 Å². The molecule has 7 heteroatoms. The maximum Gasteiger partial charge on any atom is 0.306 e. The van der Waals surface area contributed by atoms with Crippen molar-refractivity contribution in [2.75, 3.05) is 25.5 Å². The van der Waals surface area contributed by atoms with Gasteiger partial charge in [-0.15, -0.1) is 0 Å². The molecule has 0 spiro atoms. The first-order chi connectivity index (χ1) is 12.9. The zero-order valence-corrected chi connectivity index (χ0v) is 15.4. The molecule has 0 saturated heterocycles. The Morgan fingerprint density at radius 1 is 1.19 bits per heavy atom. The number of fused-ring (bicyclic) bond motifs is 2. The van der Waals surface area contributed by atoms with Crippen molar-refractivity contribution in [2.45, 2.75) is 32.1 Å². The molecule has 2 bridgehead atoms. The summed E-state index contributed by atoms with van der Waals surface area (Å²) in [5, 5.41) is 2.58. The van der Waals surface area contributed by atoms with Crippen molar-refractivity contribution in [3.8, 4) is 0 Å². The third-order valence-corrected chi connectivity index (χ3v) is 5.60. The molecule has 0 radical (unpaired) electrons. The van der Waals surface area contributed by atoms with Crippen LogP contribution in [0.3, 0.4) is 0 Å². The van der Waals surface area contributed by atoms with Gasteiger partial charge in [-0.1, -0.05) is 6.42 Å². The van der Waals surface area contributed by atoms with Crippen LogP contribution < -0.4 is 5.32 Å². The molecule has 0 heterocycles. The maximum absolute atomic E-state index is 12.9. The first kappa shape index (κ1) is 19.3. The number of anilines is 1. The molecule has 3 atom stereocenters. The summed E-state index contributed by atoms with van der Waals surface area (Å²) < 4.78 is 18.0. The summed E-state index contributed by atoms with van der Waals surface area (Å²) in [6, 6.07) is 5.35. The predicted octanol–water partition coefficient (Wildman–Crippen LogP) is 2.59. The van der Waals surface area contributed by atoms with Gasteiger partial charge in [0.25, 0.3) is 5.91 Å². The highest BCUT2D eigenvalue weighted by molar-refractivity contribution is 5.94. The lowest BCUT2D eigenvalue weighted by molar-refractivity contribution is -0.152. The van der Waals surface area contributed by atoms with Gasteiger partial charge in [-0.3, -0.25) is 14.4 Å². The zero-order chi connectivity index (χ0) is 19.4. The van der Waals surface area contributed by atoms with E-state index in [0.29, 0.717) is 23.9 Å². The van der Waals surface area contributed by atoms with E-state index in [9.17, 15) is 18.8 Å². The van der Waals surface area contributed by atoms with Gasteiger partial charge < -0.3 is 15.0 Å². The number of nitrogens with one attached hydrogen (secondary N) is 1. The van der Waals surface area contributed by atoms with Crippen LogP contribution in [0.1, 0.15) is 32.1 Å². The number of nitrogens with zero attached hydrogens (tertiary/aromatic N) is 1. The maximum atomic E-state index is 12.9. The van der Waals surface area contributed by atoms with Crippen LogP contribution in [0.25, 0.3) is 0 Å². The van der Waals surface area contributed by atoms with Crippen molar-refractivity contribution in [3.05, 3.63) is 30.1 Å². The lowest BCUT2D eigenvalue weighted by Gasteiger charge is -2.21. The number of hydrogen-bond donors (Lipinski definition) is 1. The van der Waals surface area contributed by atoms with Crippen LogP contribution >= 0.6 is 0 Å². The van der Waals surface area contributed by atoms with Crippen LogP contribution in [0.15, 0.2) is 24.3 Å². The molecule has 6 nitrogen and oxygen atoms in total. The Morgan fingerprint density at radius 3 is 2.56 bits per heavy atom. The van der Waals surface area contributed by atoms with E-state index in [0.717, 1.165) is 12.3 Å². The summed E-state index contributed by atoms with van der Waals surface area (Å²) in [4.78, 5) is 37.2. The van der Waals surface area contributed by atoms with Gasteiger partial charge >= 0.3 is 5.97 Å². The summed E-state index contributed by atoms with van der Waals surface area (Å²) >= 11 is 0. The second-order valence-corrected chi connectivity index (χ2v) is 7.60. The van der Waals surface area contributed by atoms with Crippen molar-refractivity contribution in [1.29, 1.82) is 0 Å². The molecular weight excluding hydrogens is 351 g/mol. The van der Waals surface area contributed by atoms with Crippen molar-refractivity contribution in [2.24, 2.45) is 17.8 Å². The molecule has 1 aromatic carbocycles. The average molecular weight is 376 g/mol. The van der Waals surface area contributed by atoms with Crippen molar-refractivity contribution < 1.29 is 23.5 Å². The highest BCUT2D eigenvalue weighted by Crippen LogP contribution is 2.49. The van der Waals surface area contributed by atoms with E-state index in [-0.39, 0.29) is 19.1 Å². The Labute approximate surface area is 158 Å². The van der Waals surface area contributed by atoms with Gasteiger partial charge in [0.1, 0.15) is 5.82 Å². The second-order valence-electron chi connectivity index (χ2n) is 7.60. The summed E-state index contributed by atoms with van der Waals surface area (Å²) in [5.41, 5.74) is 0.444. The molecule has 27 heavy (non-hydrogen) atoms. The quantitative estimate of drug-likeness (QED) is 0.742. The molecule has 2 amide bonds. The molecule has 2 fully saturated rings. The van der Waals surface area contributed by atoms with Gasteiger partial charge in [0.15, 0.2) is 6.61 Å². The highest BCUT2D eigenvalue weighted by atomic mass is 19.1. The number of benzene rings is 1. The van der Waals surface area contributed by atoms with Crippen LogP contribution in [0, 0.1) is 23.6 Å². The number of carbonyl (C=O) groups excluding carboxylic acids is 3. The molecule has 3 rings (SSSR count). The van der Waals surface area contributed by atoms with Crippen molar-refractivity contribution in [1.82, 2.24) is 4.90 Å². The van der Waals surface area contributed by atoms with Gasteiger partial charge in [-0.25, -0.2) is 4.39 Å². The Bertz CT molecular complexity index is 706. The minimum Gasteiger partial charge on any atom is -0.456 e. The molecule has 0 unspecified atom stereocenters. The predicted molar refractivity (Wildman–Crippen MR) is 97.2 cm³/mol. The van der Waals surface area contributed by atoms with E-state index in [2.05, 4.69) is 5.32 Å². The standard InChI is InChI=1S/C20H25FN2O4/c1-23(11-18(24)22-17-6-4-16(21)5-7-17)19(25)12-27-20(26)10-15-9-13-2-3-14(15)8-13/h4-7,13-15H,2-3,8-12H2,1H3,(H,22,24)/t13-,14+,15+/m0/s1. The molecule has 2 aliphatic carbocycles. The van der Waals surface area contributed by atoms with Crippen molar-refractivity contribution >= 4 is 23.5 Å². The Kier molecular flexibility index (Phi) is 6.08. The molecular formula is C20H25FN2O4. The van der Waals surface area contributed by atoms with Crippen LogP contribution in [-0.2, 0) is 19.1 Å². The lowest BCUT2D eigenvalue weighted by Crippen LogP contribution is -2.37. The third kappa shape index (κ3) is 5.28. The number of halogens is 1. The zero-order valence-electron chi connectivity index (χ0n) is 15.4. The Balaban J connectivity index is 1.36. The lowest BCUT2D eigenvalue weighted by atomic mass is 9.86. The average Bonchev–Trinajstić information content (AvgIpc) is 3.24. The number of hydrogen-bond acceptors (Lipinski definition) is 4. The largest absolute Gasteiger partial charge is 0.456 e. The molecule has 1 N–H and O–H groups in total. The second kappa shape index (κ2) is 8.50. The van der Waals surface area contributed by atoms with E-state index in [1.54, 1.807) is 0 Å². The van der Waals surface area contributed by atoms with Crippen molar-refractivity contribution in [3.63, 3.8) is 0 Å². The highest BCUT2D eigenvalue weighted by Gasteiger charge is 2.40. The Hall–Kier alpha value is -2.44. The number of ether oxygens (including phenoxy) is 1. The summed E-state index contributed by atoms with van der Waals surface area (Å²) in [6.45, 7) is -0.542. The first-order valence-electron chi connectivity index (χ1n) is 9.35. The van der Waals surface area contributed by atoms with E-state index >= 15 is 0 Å². The smallest absolute Gasteiger partial charge is 0.306 e.